The molecular formula is C14H15N3O3. The lowest BCUT2D eigenvalue weighted by atomic mass is 10.1. The van der Waals surface area contributed by atoms with Gasteiger partial charge in [-0.05, 0) is 24.3 Å². The fraction of sp³-hybridized carbons (Fsp3) is 0.214. The second-order valence-corrected chi connectivity index (χ2v) is 4.34. The molecule has 0 bridgehead atoms. The Bertz CT molecular complexity index is 617. The third-order valence-electron chi connectivity index (χ3n) is 2.95. The Morgan fingerprint density at radius 2 is 1.90 bits per heavy atom. The maximum Gasteiger partial charge on any atom is 0.335 e. The van der Waals surface area contributed by atoms with Crippen LogP contribution in [0.5, 0.6) is 0 Å². The summed E-state index contributed by atoms with van der Waals surface area (Å²) in [5.41, 5.74) is 0.601. The number of rotatable bonds is 5. The first-order chi connectivity index (χ1) is 9.58. The summed E-state index contributed by atoms with van der Waals surface area (Å²) in [6.07, 6.45) is 4.20. The Kier molecular flexibility index (Phi) is 4.14. The van der Waals surface area contributed by atoms with Gasteiger partial charge < -0.3 is 15.0 Å². The van der Waals surface area contributed by atoms with E-state index < -0.39 is 5.97 Å². The number of carboxylic acids is 1. The highest BCUT2D eigenvalue weighted by atomic mass is 16.4. The summed E-state index contributed by atoms with van der Waals surface area (Å²) in [7, 11) is 1.90. The lowest BCUT2D eigenvalue weighted by Crippen LogP contribution is -2.26. The van der Waals surface area contributed by atoms with Crippen LogP contribution < -0.4 is 5.32 Å². The van der Waals surface area contributed by atoms with Crippen LogP contribution in [0.25, 0.3) is 0 Å². The van der Waals surface area contributed by atoms with Gasteiger partial charge in [0.2, 0.25) is 0 Å². The number of imidazole rings is 1. The van der Waals surface area contributed by atoms with Crippen molar-refractivity contribution in [2.45, 2.75) is 6.42 Å². The first kappa shape index (κ1) is 13.8. The van der Waals surface area contributed by atoms with Gasteiger partial charge in [-0.3, -0.25) is 4.79 Å². The molecule has 2 N–H and O–H groups in total. The second-order valence-electron chi connectivity index (χ2n) is 4.34. The molecule has 6 nitrogen and oxygen atoms in total. The van der Waals surface area contributed by atoms with Gasteiger partial charge >= 0.3 is 5.97 Å². The van der Waals surface area contributed by atoms with E-state index in [9.17, 15) is 9.59 Å². The fourth-order valence-corrected chi connectivity index (χ4v) is 1.79. The first-order valence-corrected chi connectivity index (χ1v) is 6.15. The van der Waals surface area contributed by atoms with Crippen molar-refractivity contribution in [3.63, 3.8) is 0 Å². The van der Waals surface area contributed by atoms with Crippen molar-refractivity contribution in [3.8, 4) is 0 Å². The summed E-state index contributed by atoms with van der Waals surface area (Å²) >= 11 is 0. The molecule has 0 unspecified atom stereocenters. The fourth-order valence-electron chi connectivity index (χ4n) is 1.79. The number of aromatic nitrogens is 2. The standard InChI is InChI=1S/C14H15N3O3/c1-17-9-8-15-12(17)6-7-16-13(18)10-2-4-11(5-3-10)14(19)20/h2-5,8-9H,6-7H2,1H3,(H,16,18)(H,19,20). The Balaban J connectivity index is 1.88. The van der Waals surface area contributed by atoms with Gasteiger partial charge in [-0.2, -0.15) is 0 Å². The van der Waals surface area contributed by atoms with E-state index in [1.54, 1.807) is 6.20 Å². The molecule has 0 aliphatic rings. The molecule has 2 aromatic rings. The van der Waals surface area contributed by atoms with E-state index in [1.165, 1.54) is 24.3 Å². The predicted molar refractivity (Wildman–Crippen MR) is 72.6 cm³/mol. The van der Waals surface area contributed by atoms with Gasteiger partial charge in [0.1, 0.15) is 5.82 Å². The maximum absolute atomic E-state index is 11.9. The molecule has 0 atom stereocenters. The molecule has 104 valence electrons. The molecule has 1 aromatic heterocycles. The van der Waals surface area contributed by atoms with E-state index in [4.69, 9.17) is 5.11 Å². The normalized spacial score (nSPS) is 10.2. The van der Waals surface area contributed by atoms with Gasteiger partial charge in [-0.1, -0.05) is 0 Å². The van der Waals surface area contributed by atoms with Crippen LogP contribution in [0.3, 0.4) is 0 Å². The van der Waals surface area contributed by atoms with Crippen molar-refractivity contribution in [1.29, 1.82) is 0 Å². The molecule has 0 saturated heterocycles. The van der Waals surface area contributed by atoms with Gasteiger partial charge in [-0.25, -0.2) is 9.78 Å². The number of amides is 1. The topological polar surface area (TPSA) is 84.2 Å². The van der Waals surface area contributed by atoms with Crippen LogP contribution in [-0.2, 0) is 13.5 Å². The average Bonchev–Trinajstić information content (AvgIpc) is 2.84. The van der Waals surface area contributed by atoms with Crippen molar-refractivity contribution >= 4 is 11.9 Å². The SMILES string of the molecule is Cn1ccnc1CCNC(=O)c1ccc(C(=O)O)cc1. The van der Waals surface area contributed by atoms with Gasteiger partial charge in [0.05, 0.1) is 5.56 Å². The Labute approximate surface area is 116 Å². The minimum atomic E-state index is -1.01. The average molecular weight is 273 g/mol. The molecular weight excluding hydrogens is 258 g/mol. The van der Waals surface area contributed by atoms with Crippen LogP contribution in [0.15, 0.2) is 36.7 Å². The molecule has 0 spiro atoms. The molecule has 0 saturated carbocycles. The zero-order valence-corrected chi connectivity index (χ0v) is 11.0. The van der Waals surface area contributed by atoms with Crippen molar-refractivity contribution < 1.29 is 14.7 Å². The second kappa shape index (κ2) is 6.01. The van der Waals surface area contributed by atoms with Crippen molar-refractivity contribution in [1.82, 2.24) is 14.9 Å². The largest absolute Gasteiger partial charge is 0.478 e. The summed E-state index contributed by atoms with van der Waals surface area (Å²) < 4.78 is 1.90. The van der Waals surface area contributed by atoms with E-state index in [0.717, 1.165) is 5.82 Å². The molecule has 20 heavy (non-hydrogen) atoms. The number of benzene rings is 1. The van der Waals surface area contributed by atoms with Crippen LogP contribution in [0, 0.1) is 0 Å². The lowest BCUT2D eigenvalue weighted by Gasteiger charge is -2.05. The molecule has 1 amide bonds. The summed E-state index contributed by atoms with van der Waals surface area (Å²) in [6, 6.07) is 5.82. The van der Waals surface area contributed by atoms with Crippen LogP contribution >= 0.6 is 0 Å². The number of hydrogen-bond donors (Lipinski definition) is 2. The van der Waals surface area contributed by atoms with Gasteiger partial charge in [0.15, 0.2) is 0 Å². The monoisotopic (exact) mass is 273 g/mol. The number of carbonyl (C=O) groups is 2. The van der Waals surface area contributed by atoms with Gasteiger partial charge in [0, 0.05) is 38.0 Å². The summed E-state index contributed by atoms with van der Waals surface area (Å²) in [5, 5.41) is 11.6. The van der Waals surface area contributed by atoms with Crippen molar-refractivity contribution in [3.05, 3.63) is 53.6 Å². The Morgan fingerprint density at radius 3 is 2.45 bits per heavy atom. The van der Waals surface area contributed by atoms with Crippen LogP contribution in [-0.4, -0.2) is 33.1 Å². The number of aromatic carboxylic acids is 1. The van der Waals surface area contributed by atoms with Crippen LogP contribution in [0.2, 0.25) is 0 Å². The van der Waals surface area contributed by atoms with Crippen molar-refractivity contribution in [2.75, 3.05) is 6.54 Å². The minimum absolute atomic E-state index is 0.162. The van der Waals surface area contributed by atoms with Gasteiger partial charge in [0.25, 0.3) is 5.91 Å². The van der Waals surface area contributed by atoms with Crippen LogP contribution in [0.4, 0.5) is 0 Å². The molecule has 1 heterocycles. The summed E-state index contributed by atoms with van der Waals surface area (Å²) in [5.74, 6) is -0.339. The Morgan fingerprint density at radius 1 is 1.25 bits per heavy atom. The van der Waals surface area contributed by atoms with E-state index in [2.05, 4.69) is 10.3 Å². The number of hydrogen-bond acceptors (Lipinski definition) is 3. The van der Waals surface area contributed by atoms with Gasteiger partial charge in [-0.15, -0.1) is 0 Å². The molecule has 6 heteroatoms. The quantitative estimate of drug-likeness (QED) is 0.854. The molecule has 1 aromatic carbocycles. The third kappa shape index (κ3) is 3.23. The van der Waals surface area contributed by atoms with Crippen molar-refractivity contribution in [2.24, 2.45) is 7.05 Å². The van der Waals surface area contributed by atoms with E-state index in [1.807, 2.05) is 17.8 Å². The smallest absolute Gasteiger partial charge is 0.335 e. The number of carboxylic acid groups (broad SMARTS) is 1. The number of nitrogens with one attached hydrogen (secondary N) is 1. The third-order valence-corrected chi connectivity index (χ3v) is 2.95. The van der Waals surface area contributed by atoms with E-state index in [-0.39, 0.29) is 11.5 Å². The number of carbonyl (C=O) groups excluding carboxylic acids is 1. The zero-order chi connectivity index (χ0) is 14.5. The summed E-state index contributed by atoms with van der Waals surface area (Å²) in [6.45, 7) is 0.477. The number of aryl methyl sites for hydroxylation is 1. The maximum atomic E-state index is 11.9. The highest BCUT2D eigenvalue weighted by Crippen LogP contribution is 2.04. The van der Waals surface area contributed by atoms with E-state index in [0.29, 0.717) is 18.5 Å². The molecule has 0 fully saturated rings. The number of nitrogens with zero attached hydrogens (tertiary/aromatic N) is 2. The lowest BCUT2D eigenvalue weighted by molar-refractivity contribution is 0.0696. The predicted octanol–water partition coefficient (Wildman–Crippen LogP) is 1.09. The van der Waals surface area contributed by atoms with E-state index >= 15 is 0 Å². The molecule has 0 aliphatic carbocycles. The Hall–Kier alpha value is -2.63. The molecule has 2 rings (SSSR count). The minimum Gasteiger partial charge on any atom is -0.478 e. The summed E-state index contributed by atoms with van der Waals surface area (Å²) in [4.78, 5) is 26.7. The molecule has 0 radical (unpaired) electrons. The highest BCUT2D eigenvalue weighted by Gasteiger charge is 2.08. The first-order valence-electron chi connectivity index (χ1n) is 6.15. The highest BCUT2D eigenvalue weighted by molar-refractivity contribution is 5.95. The zero-order valence-electron chi connectivity index (χ0n) is 11.0. The molecule has 0 aliphatic heterocycles. The van der Waals surface area contributed by atoms with Crippen LogP contribution in [0.1, 0.15) is 26.5 Å².